The van der Waals surface area contributed by atoms with Crippen LogP contribution in [-0.4, -0.2) is 54.5 Å². The molecular weight excluding hydrogens is 336 g/mol. The van der Waals surface area contributed by atoms with Gasteiger partial charge in [0.25, 0.3) is 0 Å². The van der Waals surface area contributed by atoms with E-state index in [0.29, 0.717) is 24.9 Å². The highest BCUT2D eigenvalue weighted by molar-refractivity contribution is 7.89. The highest BCUT2D eigenvalue weighted by Crippen LogP contribution is 2.44. The molecule has 0 N–H and O–H groups in total. The highest BCUT2D eigenvalue weighted by atomic mass is 32.2. The molecule has 0 radical (unpaired) electrons. The Morgan fingerprint density at radius 3 is 2.52 bits per heavy atom. The maximum atomic E-state index is 12.8. The topological polar surface area (TPSA) is 57.7 Å². The first-order chi connectivity index (χ1) is 12.0. The molecule has 136 valence electrons. The lowest BCUT2D eigenvalue weighted by molar-refractivity contribution is -0.136. The molecule has 1 saturated heterocycles. The van der Waals surface area contributed by atoms with Crippen LogP contribution in [0.25, 0.3) is 0 Å². The average Bonchev–Trinajstić information content (AvgIpc) is 3.29. The molecular formula is C19H26N2O3S. The second-order valence-corrected chi connectivity index (χ2v) is 9.80. The normalized spacial score (nSPS) is 28.5. The Morgan fingerprint density at radius 2 is 1.92 bits per heavy atom. The summed E-state index contributed by atoms with van der Waals surface area (Å²) in [5.41, 5.74) is 2.71. The maximum absolute atomic E-state index is 12.8. The van der Waals surface area contributed by atoms with Gasteiger partial charge in [0.15, 0.2) is 0 Å². The number of hydrogen-bond donors (Lipinski definition) is 0. The minimum atomic E-state index is -3.21. The maximum Gasteiger partial charge on any atom is 0.238 e. The molecule has 6 heteroatoms. The molecule has 0 atom stereocenters. The summed E-state index contributed by atoms with van der Waals surface area (Å²) in [4.78, 5) is 14.8. The number of sulfonamides is 1. The highest BCUT2D eigenvalue weighted by Gasteiger charge is 2.44. The van der Waals surface area contributed by atoms with Gasteiger partial charge in [-0.05, 0) is 56.1 Å². The number of nitrogens with zero attached hydrogens (tertiary/aromatic N) is 2. The zero-order valence-corrected chi connectivity index (χ0v) is 15.5. The average molecular weight is 362 g/mol. The molecule has 3 fully saturated rings. The predicted molar refractivity (Wildman–Crippen MR) is 96.8 cm³/mol. The van der Waals surface area contributed by atoms with Crippen LogP contribution in [0.4, 0.5) is 0 Å². The van der Waals surface area contributed by atoms with Gasteiger partial charge in [-0.25, -0.2) is 8.42 Å². The summed E-state index contributed by atoms with van der Waals surface area (Å²) in [5.74, 6) is 0.708. The van der Waals surface area contributed by atoms with Crippen molar-refractivity contribution in [1.29, 1.82) is 0 Å². The van der Waals surface area contributed by atoms with Gasteiger partial charge in [-0.15, -0.1) is 0 Å². The molecule has 25 heavy (non-hydrogen) atoms. The summed E-state index contributed by atoms with van der Waals surface area (Å²) in [7, 11) is -3.21. The standard InChI is InChI=1S/C19H26N2O3S/c1-14-5-2-3-6-18(14)15-11-17(12-15)21(16-7-8-16)19(22)13-20-9-4-10-25(20,23)24/h2-3,5-6,15-17H,4,7-13H2,1H3. The molecule has 1 amide bonds. The van der Waals surface area contributed by atoms with Crippen LogP contribution in [0.15, 0.2) is 24.3 Å². The Hall–Kier alpha value is -1.40. The lowest BCUT2D eigenvalue weighted by Gasteiger charge is -2.44. The lowest BCUT2D eigenvalue weighted by atomic mass is 9.73. The SMILES string of the molecule is Cc1ccccc1C1CC(N(C(=O)CN2CCCS2(=O)=O)C2CC2)C1. The van der Waals surface area contributed by atoms with E-state index in [-0.39, 0.29) is 24.2 Å². The van der Waals surface area contributed by atoms with Crippen molar-refractivity contribution in [1.82, 2.24) is 9.21 Å². The van der Waals surface area contributed by atoms with E-state index in [9.17, 15) is 13.2 Å². The molecule has 2 saturated carbocycles. The van der Waals surface area contributed by atoms with Crippen LogP contribution in [0.3, 0.4) is 0 Å². The lowest BCUT2D eigenvalue weighted by Crippen LogP contribution is -2.51. The first-order valence-corrected chi connectivity index (χ1v) is 10.9. The van der Waals surface area contributed by atoms with Gasteiger partial charge in [0, 0.05) is 18.6 Å². The first kappa shape index (κ1) is 17.0. The van der Waals surface area contributed by atoms with Crippen molar-refractivity contribution in [2.45, 2.75) is 57.0 Å². The van der Waals surface area contributed by atoms with Gasteiger partial charge in [0.1, 0.15) is 0 Å². The zero-order chi connectivity index (χ0) is 17.6. The molecule has 1 heterocycles. The fourth-order valence-electron chi connectivity index (χ4n) is 4.27. The Labute approximate surface area is 150 Å². The van der Waals surface area contributed by atoms with Gasteiger partial charge in [0.05, 0.1) is 12.3 Å². The fraction of sp³-hybridized carbons (Fsp3) is 0.632. The summed E-state index contributed by atoms with van der Waals surface area (Å²) in [6, 6.07) is 9.08. The number of carbonyl (C=O) groups excluding carboxylic acids is 1. The van der Waals surface area contributed by atoms with Crippen molar-refractivity contribution in [2.24, 2.45) is 0 Å². The smallest absolute Gasteiger partial charge is 0.238 e. The second-order valence-electron chi connectivity index (χ2n) is 7.71. The minimum Gasteiger partial charge on any atom is -0.336 e. The van der Waals surface area contributed by atoms with Gasteiger partial charge < -0.3 is 4.90 Å². The zero-order valence-electron chi connectivity index (χ0n) is 14.7. The first-order valence-electron chi connectivity index (χ1n) is 9.30. The molecule has 4 rings (SSSR count). The van der Waals surface area contributed by atoms with E-state index in [0.717, 1.165) is 25.7 Å². The Bertz CT molecular complexity index is 767. The van der Waals surface area contributed by atoms with Crippen LogP contribution in [0.1, 0.15) is 49.1 Å². The third kappa shape index (κ3) is 3.34. The molecule has 2 aliphatic carbocycles. The summed E-state index contributed by atoms with van der Waals surface area (Å²) in [6.45, 7) is 2.66. The van der Waals surface area contributed by atoms with E-state index in [1.54, 1.807) is 0 Å². The van der Waals surface area contributed by atoms with E-state index in [1.807, 2.05) is 4.90 Å². The number of carbonyl (C=O) groups is 1. The number of aryl methyl sites for hydroxylation is 1. The van der Waals surface area contributed by atoms with E-state index in [1.165, 1.54) is 15.4 Å². The van der Waals surface area contributed by atoms with Gasteiger partial charge in [0.2, 0.25) is 15.9 Å². The Morgan fingerprint density at radius 1 is 1.20 bits per heavy atom. The third-order valence-corrected chi connectivity index (χ3v) is 7.78. The van der Waals surface area contributed by atoms with Gasteiger partial charge >= 0.3 is 0 Å². The van der Waals surface area contributed by atoms with Crippen molar-refractivity contribution in [3.63, 3.8) is 0 Å². The summed E-state index contributed by atoms with van der Waals surface area (Å²) in [6.07, 6.45) is 4.76. The molecule has 1 aliphatic heterocycles. The van der Waals surface area contributed by atoms with Crippen molar-refractivity contribution < 1.29 is 13.2 Å². The molecule has 1 aromatic carbocycles. The summed E-state index contributed by atoms with van der Waals surface area (Å²) >= 11 is 0. The molecule has 0 aromatic heterocycles. The summed E-state index contributed by atoms with van der Waals surface area (Å²) in [5, 5.41) is 0. The van der Waals surface area contributed by atoms with E-state index >= 15 is 0 Å². The molecule has 3 aliphatic rings. The number of benzene rings is 1. The second kappa shape index (κ2) is 6.40. The third-order valence-electron chi connectivity index (χ3n) is 5.88. The Balaban J connectivity index is 1.41. The van der Waals surface area contributed by atoms with Crippen molar-refractivity contribution in [3.8, 4) is 0 Å². The van der Waals surface area contributed by atoms with E-state index in [4.69, 9.17) is 0 Å². The minimum absolute atomic E-state index is 0.00112. The molecule has 0 bridgehead atoms. The Kier molecular flexibility index (Phi) is 4.36. The van der Waals surface area contributed by atoms with Gasteiger partial charge in [-0.1, -0.05) is 24.3 Å². The van der Waals surface area contributed by atoms with Crippen LogP contribution in [0.5, 0.6) is 0 Å². The van der Waals surface area contributed by atoms with Gasteiger partial charge in [-0.2, -0.15) is 4.31 Å². The molecule has 0 unspecified atom stereocenters. The molecule has 1 aromatic rings. The van der Waals surface area contributed by atoms with Crippen LogP contribution in [-0.2, 0) is 14.8 Å². The van der Waals surface area contributed by atoms with Crippen LogP contribution >= 0.6 is 0 Å². The van der Waals surface area contributed by atoms with Crippen molar-refractivity contribution in [3.05, 3.63) is 35.4 Å². The number of rotatable bonds is 5. The quantitative estimate of drug-likeness (QED) is 0.807. The van der Waals surface area contributed by atoms with Crippen LogP contribution in [0.2, 0.25) is 0 Å². The van der Waals surface area contributed by atoms with E-state index < -0.39 is 10.0 Å². The van der Waals surface area contributed by atoms with Crippen LogP contribution in [0, 0.1) is 6.92 Å². The predicted octanol–water partition coefficient (Wildman–Crippen LogP) is 2.27. The monoisotopic (exact) mass is 362 g/mol. The van der Waals surface area contributed by atoms with Crippen molar-refractivity contribution in [2.75, 3.05) is 18.8 Å². The molecule has 0 spiro atoms. The molecule has 5 nitrogen and oxygen atoms in total. The van der Waals surface area contributed by atoms with E-state index in [2.05, 4.69) is 31.2 Å². The van der Waals surface area contributed by atoms with Crippen LogP contribution < -0.4 is 0 Å². The largest absolute Gasteiger partial charge is 0.336 e. The number of hydrogen-bond acceptors (Lipinski definition) is 3. The van der Waals surface area contributed by atoms with Crippen molar-refractivity contribution >= 4 is 15.9 Å². The summed E-state index contributed by atoms with van der Waals surface area (Å²) < 4.78 is 25.4. The van der Waals surface area contributed by atoms with Gasteiger partial charge in [-0.3, -0.25) is 4.79 Å². The number of amides is 1. The fourth-order valence-corrected chi connectivity index (χ4v) is 5.74.